The van der Waals surface area contributed by atoms with Gasteiger partial charge in [-0.05, 0) is 12.8 Å². The molecule has 0 aromatic rings. The smallest absolute Gasteiger partial charge is 0.306 e. The van der Waals surface area contributed by atoms with Crippen molar-refractivity contribution in [1.29, 1.82) is 0 Å². The van der Waals surface area contributed by atoms with E-state index >= 15 is 0 Å². The molecule has 0 aliphatic heterocycles. The van der Waals surface area contributed by atoms with Gasteiger partial charge in [-0.2, -0.15) is 0 Å². The lowest BCUT2D eigenvalue weighted by Crippen LogP contribution is -2.48. The van der Waals surface area contributed by atoms with E-state index in [1.807, 2.05) is 0 Å². The van der Waals surface area contributed by atoms with Crippen LogP contribution in [0.1, 0.15) is 90.9 Å². The van der Waals surface area contributed by atoms with Gasteiger partial charge in [-0.25, -0.2) is 0 Å². The van der Waals surface area contributed by atoms with Crippen LogP contribution >= 0.6 is 0 Å². The van der Waals surface area contributed by atoms with Crippen molar-refractivity contribution in [3.63, 3.8) is 0 Å². The van der Waals surface area contributed by atoms with Gasteiger partial charge in [0.25, 0.3) is 0 Å². The van der Waals surface area contributed by atoms with Crippen LogP contribution in [0.4, 0.5) is 0 Å². The predicted octanol–water partition coefficient (Wildman–Crippen LogP) is 2.44. The minimum atomic E-state index is -1.86. The molecule has 0 bridgehead atoms. The number of aliphatic hydroxyl groups is 3. The van der Waals surface area contributed by atoms with E-state index in [1.165, 1.54) is 0 Å². The van der Waals surface area contributed by atoms with Gasteiger partial charge in [-0.1, -0.05) is 65.2 Å². The van der Waals surface area contributed by atoms with Crippen LogP contribution in [0.3, 0.4) is 0 Å². The summed E-state index contributed by atoms with van der Waals surface area (Å²) in [6.07, 6.45) is 3.06. The predicted molar refractivity (Wildman–Crippen MR) is 112 cm³/mol. The van der Waals surface area contributed by atoms with E-state index in [0.29, 0.717) is 12.8 Å². The standard InChI is InChI=1S/C22H40O8/c1-3-5-7-9-11-13-19(25)29-16-18(22(28)21(27)17(24)15-23)30-20(26)14-12-10-8-6-4-2/h15,17-18,21-22,24,27-28H,3-14,16H2,1-2H3/t17-,18+,21+,22-/m0/s1. The van der Waals surface area contributed by atoms with Crippen molar-refractivity contribution in [2.45, 2.75) is 115 Å². The monoisotopic (exact) mass is 432 g/mol. The number of rotatable bonds is 19. The van der Waals surface area contributed by atoms with Crippen molar-refractivity contribution < 1.29 is 39.2 Å². The molecule has 8 nitrogen and oxygen atoms in total. The number of aldehydes is 1. The molecule has 176 valence electrons. The largest absolute Gasteiger partial charge is 0.462 e. The molecule has 30 heavy (non-hydrogen) atoms. The third-order valence-corrected chi connectivity index (χ3v) is 4.88. The highest BCUT2D eigenvalue weighted by atomic mass is 16.6. The maximum atomic E-state index is 12.1. The Morgan fingerprint density at radius 1 is 0.767 bits per heavy atom. The van der Waals surface area contributed by atoms with Crippen molar-refractivity contribution in [2.75, 3.05) is 6.61 Å². The molecule has 8 heteroatoms. The van der Waals surface area contributed by atoms with Crippen LogP contribution in [0.25, 0.3) is 0 Å². The lowest BCUT2D eigenvalue weighted by molar-refractivity contribution is -0.176. The molecule has 0 saturated heterocycles. The molecule has 0 fully saturated rings. The van der Waals surface area contributed by atoms with E-state index in [4.69, 9.17) is 9.47 Å². The fourth-order valence-electron chi connectivity index (χ4n) is 2.93. The first-order valence-corrected chi connectivity index (χ1v) is 11.2. The number of aliphatic hydroxyl groups excluding tert-OH is 3. The minimum Gasteiger partial charge on any atom is -0.462 e. The number of hydrogen-bond donors (Lipinski definition) is 3. The fraction of sp³-hybridized carbons (Fsp3) is 0.864. The van der Waals surface area contributed by atoms with E-state index in [0.717, 1.165) is 51.4 Å². The maximum Gasteiger partial charge on any atom is 0.306 e. The molecular weight excluding hydrogens is 392 g/mol. The molecule has 0 aromatic carbocycles. The van der Waals surface area contributed by atoms with E-state index in [2.05, 4.69) is 13.8 Å². The third kappa shape index (κ3) is 13.7. The molecule has 0 saturated carbocycles. The molecule has 0 amide bonds. The lowest BCUT2D eigenvalue weighted by atomic mass is 10.0. The zero-order valence-electron chi connectivity index (χ0n) is 18.5. The van der Waals surface area contributed by atoms with Gasteiger partial charge >= 0.3 is 11.9 Å². The van der Waals surface area contributed by atoms with Crippen LogP contribution in [0.5, 0.6) is 0 Å². The van der Waals surface area contributed by atoms with E-state index in [9.17, 15) is 29.7 Å². The maximum absolute atomic E-state index is 12.1. The Morgan fingerprint density at radius 2 is 1.27 bits per heavy atom. The zero-order valence-corrected chi connectivity index (χ0v) is 18.5. The Morgan fingerprint density at radius 3 is 1.77 bits per heavy atom. The lowest BCUT2D eigenvalue weighted by Gasteiger charge is -2.27. The van der Waals surface area contributed by atoms with Crippen molar-refractivity contribution in [3.05, 3.63) is 0 Å². The highest BCUT2D eigenvalue weighted by Gasteiger charge is 2.34. The number of unbranched alkanes of at least 4 members (excludes halogenated alkanes) is 8. The molecule has 0 unspecified atom stereocenters. The van der Waals surface area contributed by atoms with Gasteiger partial charge in [0, 0.05) is 12.8 Å². The summed E-state index contributed by atoms with van der Waals surface area (Å²) >= 11 is 0. The van der Waals surface area contributed by atoms with E-state index < -0.39 is 43.0 Å². The Bertz CT molecular complexity index is 468. The summed E-state index contributed by atoms with van der Waals surface area (Å²) in [7, 11) is 0. The van der Waals surface area contributed by atoms with Gasteiger partial charge in [0.05, 0.1) is 0 Å². The van der Waals surface area contributed by atoms with Crippen LogP contribution in [0.2, 0.25) is 0 Å². The van der Waals surface area contributed by atoms with Gasteiger partial charge < -0.3 is 29.6 Å². The summed E-state index contributed by atoms with van der Waals surface area (Å²) in [6.45, 7) is 3.73. The van der Waals surface area contributed by atoms with E-state index in [-0.39, 0.29) is 19.1 Å². The molecule has 0 radical (unpaired) electrons. The SMILES string of the molecule is CCCCCCCC(=O)OC[C@@H](OC(=O)CCCCCCC)[C@H](O)[C@H](O)[C@@H](O)C=O. The molecule has 4 atom stereocenters. The quantitative estimate of drug-likeness (QED) is 0.161. The Kier molecular flexibility index (Phi) is 17.4. The van der Waals surface area contributed by atoms with Gasteiger partial charge in [-0.15, -0.1) is 0 Å². The molecule has 0 aliphatic carbocycles. The summed E-state index contributed by atoms with van der Waals surface area (Å²) in [6, 6.07) is 0. The highest BCUT2D eigenvalue weighted by molar-refractivity contribution is 5.70. The van der Waals surface area contributed by atoms with Gasteiger partial charge in [-0.3, -0.25) is 9.59 Å². The van der Waals surface area contributed by atoms with Crippen molar-refractivity contribution in [3.8, 4) is 0 Å². The average molecular weight is 433 g/mol. The Balaban J connectivity index is 4.62. The van der Waals surface area contributed by atoms with Gasteiger partial charge in [0.1, 0.15) is 24.9 Å². The first-order chi connectivity index (χ1) is 14.4. The molecule has 0 spiro atoms. The summed E-state index contributed by atoms with van der Waals surface area (Å²) in [5.41, 5.74) is 0. The third-order valence-electron chi connectivity index (χ3n) is 4.88. The molecular formula is C22H40O8. The second-order valence-electron chi connectivity index (χ2n) is 7.65. The molecule has 0 aliphatic rings. The molecule has 3 N–H and O–H groups in total. The Hall–Kier alpha value is -1.51. The van der Waals surface area contributed by atoms with Crippen LogP contribution in [0, 0.1) is 0 Å². The number of carbonyl (C=O) groups is 3. The van der Waals surface area contributed by atoms with Gasteiger partial charge in [0.15, 0.2) is 12.4 Å². The van der Waals surface area contributed by atoms with Crippen molar-refractivity contribution in [1.82, 2.24) is 0 Å². The highest BCUT2D eigenvalue weighted by Crippen LogP contribution is 2.13. The first-order valence-electron chi connectivity index (χ1n) is 11.2. The summed E-state index contributed by atoms with van der Waals surface area (Å²) in [5.74, 6) is -1.09. The van der Waals surface area contributed by atoms with Crippen LogP contribution in [-0.4, -0.2) is 64.6 Å². The summed E-state index contributed by atoms with van der Waals surface area (Å²) in [5, 5.41) is 29.5. The number of hydrogen-bond acceptors (Lipinski definition) is 8. The minimum absolute atomic E-state index is 0.0722. The van der Waals surface area contributed by atoms with Crippen LogP contribution in [-0.2, 0) is 23.9 Å². The van der Waals surface area contributed by atoms with Crippen molar-refractivity contribution >= 4 is 18.2 Å². The fourth-order valence-corrected chi connectivity index (χ4v) is 2.93. The molecule has 0 heterocycles. The topological polar surface area (TPSA) is 130 Å². The van der Waals surface area contributed by atoms with Gasteiger partial charge in [0.2, 0.25) is 0 Å². The van der Waals surface area contributed by atoms with Crippen LogP contribution < -0.4 is 0 Å². The Labute approximate surface area is 179 Å². The van der Waals surface area contributed by atoms with Crippen molar-refractivity contribution in [2.24, 2.45) is 0 Å². The molecule has 0 rings (SSSR count). The zero-order chi connectivity index (χ0) is 22.8. The summed E-state index contributed by atoms with van der Waals surface area (Å²) in [4.78, 5) is 34.7. The first kappa shape index (κ1) is 28.5. The van der Waals surface area contributed by atoms with Crippen LogP contribution in [0.15, 0.2) is 0 Å². The summed E-state index contributed by atoms with van der Waals surface area (Å²) < 4.78 is 10.3. The second kappa shape index (κ2) is 18.3. The number of esters is 2. The second-order valence-corrected chi connectivity index (χ2v) is 7.65. The number of ether oxygens (including phenoxy) is 2. The van der Waals surface area contributed by atoms with E-state index in [1.54, 1.807) is 0 Å². The average Bonchev–Trinajstić information content (AvgIpc) is 2.74. The normalized spacial score (nSPS) is 15.1. The number of carbonyl (C=O) groups excluding carboxylic acids is 3. The molecule has 0 aromatic heterocycles.